The third kappa shape index (κ3) is 8.22. The van der Waals surface area contributed by atoms with E-state index in [1.807, 2.05) is 0 Å². The molecule has 0 spiro atoms. The number of aliphatic hydroxyl groups is 1. The highest BCUT2D eigenvalue weighted by Crippen LogP contribution is 2.13. The Morgan fingerprint density at radius 2 is 1.92 bits per heavy atom. The Bertz CT molecular complexity index is 133. The van der Waals surface area contributed by atoms with E-state index in [0.29, 0.717) is 6.54 Å². The Balaban J connectivity index is 3.62. The van der Waals surface area contributed by atoms with Crippen LogP contribution in [0.3, 0.4) is 0 Å². The average molecular weight is 188 g/mol. The SMILES string of the molecule is C[C@@H](O)CNCC(C)(C)CN(C)C. The molecule has 2 N–H and O–H groups in total. The third-order valence-electron chi connectivity index (χ3n) is 1.79. The molecule has 0 aromatic heterocycles. The molecule has 1 atom stereocenters. The minimum atomic E-state index is -0.254. The van der Waals surface area contributed by atoms with Gasteiger partial charge in [-0.1, -0.05) is 13.8 Å². The molecule has 0 heterocycles. The molecule has 0 aromatic carbocycles. The summed E-state index contributed by atoms with van der Waals surface area (Å²) in [6.45, 7) is 8.92. The minimum Gasteiger partial charge on any atom is -0.392 e. The van der Waals surface area contributed by atoms with Gasteiger partial charge in [-0.05, 0) is 26.4 Å². The van der Waals surface area contributed by atoms with Crippen LogP contribution in [-0.2, 0) is 0 Å². The van der Waals surface area contributed by atoms with Crippen LogP contribution in [0.2, 0.25) is 0 Å². The van der Waals surface area contributed by atoms with Crippen molar-refractivity contribution in [1.29, 1.82) is 0 Å². The van der Waals surface area contributed by atoms with Crippen molar-refractivity contribution in [3.05, 3.63) is 0 Å². The van der Waals surface area contributed by atoms with Gasteiger partial charge in [0.15, 0.2) is 0 Å². The molecule has 0 saturated heterocycles. The van der Waals surface area contributed by atoms with Gasteiger partial charge in [-0.3, -0.25) is 0 Å². The lowest BCUT2D eigenvalue weighted by molar-refractivity contribution is 0.176. The van der Waals surface area contributed by atoms with Crippen LogP contribution in [0.1, 0.15) is 20.8 Å². The second-order valence-electron chi connectivity index (χ2n) is 4.88. The highest BCUT2D eigenvalue weighted by atomic mass is 16.3. The van der Waals surface area contributed by atoms with Crippen molar-refractivity contribution in [2.24, 2.45) is 5.41 Å². The van der Waals surface area contributed by atoms with Crippen LogP contribution in [0.15, 0.2) is 0 Å². The smallest absolute Gasteiger partial charge is 0.0636 e. The van der Waals surface area contributed by atoms with Gasteiger partial charge < -0.3 is 15.3 Å². The molecule has 0 saturated carbocycles. The van der Waals surface area contributed by atoms with Gasteiger partial charge in [-0.15, -0.1) is 0 Å². The highest BCUT2D eigenvalue weighted by molar-refractivity contribution is 4.74. The number of nitrogens with one attached hydrogen (secondary N) is 1. The van der Waals surface area contributed by atoms with Crippen molar-refractivity contribution in [1.82, 2.24) is 10.2 Å². The predicted molar refractivity (Wildman–Crippen MR) is 56.9 cm³/mol. The highest BCUT2D eigenvalue weighted by Gasteiger charge is 2.18. The zero-order valence-corrected chi connectivity index (χ0v) is 9.59. The summed E-state index contributed by atoms with van der Waals surface area (Å²) in [5, 5.41) is 12.3. The summed E-state index contributed by atoms with van der Waals surface area (Å²) >= 11 is 0. The fourth-order valence-corrected chi connectivity index (χ4v) is 1.53. The Labute approximate surface area is 82.1 Å². The van der Waals surface area contributed by atoms with E-state index in [1.165, 1.54) is 0 Å². The van der Waals surface area contributed by atoms with Crippen molar-refractivity contribution >= 4 is 0 Å². The number of aliphatic hydroxyl groups excluding tert-OH is 1. The number of nitrogens with zero attached hydrogens (tertiary/aromatic N) is 1. The molecule has 3 nitrogen and oxygen atoms in total. The van der Waals surface area contributed by atoms with Gasteiger partial charge in [0.05, 0.1) is 6.10 Å². The molecule has 0 amide bonds. The molecule has 80 valence electrons. The molecule has 0 aliphatic heterocycles. The molecule has 13 heavy (non-hydrogen) atoms. The summed E-state index contributed by atoms with van der Waals surface area (Å²) in [5.41, 5.74) is 0.262. The van der Waals surface area contributed by atoms with E-state index in [9.17, 15) is 0 Å². The van der Waals surface area contributed by atoms with Crippen LogP contribution in [-0.4, -0.2) is 49.8 Å². The lowest BCUT2D eigenvalue weighted by atomic mass is 9.93. The summed E-state index contributed by atoms with van der Waals surface area (Å²) < 4.78 is 0. The molecule has 0 radical (unpaired) electrons. The standard InChI is InChI=1S/C10H24N2O/c1-9(13)6-11-7-10(2,3)8-12(4)5/h9,11,13H,6-8H2,1-5H3/t9-/m1/s1. The Morgan fingerprint density at radius 3 is 2.31 bits per heavy atom. The molecule has 0 bridgehead atoms. The van der Waals surface area contributed by atoms with E-state index < -0.39 is 0 Å². The van der Waals surface area contributed by atoms with Gasteiger partial charge in [0.1, 0.15) is 0 Å². The summed E-state index contributed by atoms with van der Waals surface area (Å²) in [5.74, 6) is 0. The summed E-state index contributed by atoms with van der Waals surface area (Å²) in [6.07, 6.45) is -0.254. The van der Waals surface area contributed by atoms with Gasteiger partial charge in [-0.2, -0.15) is 0 Å². The van der Waals surface area contributed by atoms with E-state index in [0.717, 1.165) is 13.1 Å². The predicted octanol–water partition coefficient (Wildman–Crippen LogP) is 0.545. The summed E-state index contributed by atoms with van der Waals surface area (Å²) in [6, 6.07) is 0. The van der Waals surface area contributed by atoms with Crippen LogP contribution >= 0.6 is 0 Å². The molecular formula is C10H24N2O. The van der Waals surface area contributed by atoms with E-state index in [1.54, 1.807) is 6.92 Å². The average Bonchev–Trinajstić information content (AvgIpc) is 1.81. The number of rotatable bonds is 6. The maximum absolute atomic E-state index is 9.06. The Kier molecular flexibility index (Phi) is 5.53. The maximum Gasteiger partial charge on any atom is 0.0636 e. The van der Waals surface area contributed by atoms with Crippen LogP contribution in [0, 0.1) is 5.41 Å². The van der Waals surface area contributed by atoms with Crippen LogP contribution in [0.5, 0.6) is 0 Å². The first-order valence-electron chi connectivity index (χ1n) is 4.87. The van der Waals surface area contributed by atoms with E-state index >= 15 is 0 Å². The lowest BCUT2D eigenvalue weighted by Gasteiger charge is -2.28. The molecule has 3 heteroatoms. The monoisotopic (exact) mass is 188 g/mol. The normalized spacial score (nSPS) is 15.0. The van der Waals surface area contributed by atoms with Crippen LogP contribution in [0.25, 0.3) is 0 Å². The van der Waals surface area contributed by atoms with Crippen molar-refractivity contribution in [3.63, 3.8) is 0 Å². The van der Waals surface area contributed by atoms with Gasteiger partial charge in [0, 0.05) is 19.6 Å². The van der Waals surface area contributed by atoms with Crippen LogP contribution < -0.4 is 5.32 Å². The molecule has 0 aromatic rings. The first-order chi connectivity index (χ1) is 5.83. The number of hydrogen-bond acceptors (Lipinski definition) is 3. The van der Waals surface area contributed by atoms with E-state index in [-0.39, 0.29) is 11.5 Å². The zero-order chi connectivity index (χ0) is 10.5. The van der Waals surface area contributed by atoms with E-state index in [4.69, 9.17) is 5.11 Å². The first kappa shape index (κ1) is 12.9. The Hall–Kier alpha value is -0.120. The molecule has 0 unspecified atom stereocenters. The van der Waals surface area contributed by atoms with Crippen LogP contribution in [0.4, 0.5) is 0 Å². The molecule has 0 aliphatic carbocycles. The fourth-order valence-electron chi connectivity index (χ4n) is 1.53. The van der Waals surface area contributed by atoms with Crippen molar-refractivity contribution in [3.8, 4) is 0 Å². The minimum absolute atomic E-state index is 0.254. The van der Waals surface area contributed by atoms with Gasteiger partial charge in [-0.25, -0.2) is 0 Å². The van der Waals surface area contributed by atoms with E-state index in [2.05, 4.69) is 38.2 Å². The maximum atomic E-state index is 9.06. The largest absolute Gasteiger partial charge is 0.392 e. The summed E-state index contributed by atoms with van der Waals surface area (Å²) in [4.78, 5) is 2.18. The van der Waals surface area contributed by atoms with Crippen molar-refractivity contribution in [2.45, 2.75) is 26.9 Å². The van der Waals surface area contributed by atoms with Crippen molar-refractivity contribution in [2.75, 3.05) is 33.7 Å². The van der Waals surface area contributed by atoms with Gasteiger partial charge in [0.2, 0.25) is 0 Å². The Morgan fingerprint density at radius 1 is 1.38 bits per heavy atom. The molecule has 0 aliphatic rings. The van der Waals surface area contributed by atoms with Crippen molar-refractivity contribution < 1.29 is 5.11 Å². The molecule has 0 rings (SSSR count). The van der Waals surface area contributed by atoms with Gasteiger partial charge in [0.25, 0.3) is 0 Å². The third-order valence-corrected chi connectivity index (χ3v) is 1.79. The number of hydrogen-bond donors (Lipinski definition) is 2. The second-order valence-corrected chi connectivity index (χ2v) is 4.88. The summed E-state index contributed by atoms with van der Waals surface area (Å²) in [7, 11) is 4.16. The zero-order valence-electron chi connectivity index (χ0n) is 9.59. The second kappa shape index (κ2) is 5.58. The molecule has 0 fully saturated rings. The van der Waals surface area contributed by atoms with Gasteiger partial charge >= 0.3 is 0 Å². The quantitative estimate of drug-likeness (QED) is 0.639. The topological polar surface area (TPSA) is 35.5 Å². The molecular weight excluding hydrogens is 164 g/mol. The lowest BCUT2D eigenvalue weighted by Crippen LogP contribution is -2.39. The fraction of sp³-hybridized carbons (Fsp3) is 1.00. The first-order valence-corrected chi connectivity index (χ1v) is 4.87.